The maximum atomic E-state index is 14.3. The van der Waals surface area contributed by atoms with Gasteiger partial charge in [-0.15, -0.1) is 0 Å². The SMILES string of the molecule is COC(=O)Cc1cc(Br)c(Oc2cc(C(C)C)c(OC)cc2C(=O)c2cc(C(C)(C)C)cc(C(C)(C)C)c2)c(Br)c1. The van der Waals surface area contributed by atoms with Gasteiger partial charge in [0.1, 0.15) is 11.5 Å². The van der Waals surface area contributed by atoms with Crippen molar-refractivity contribution in [2.75, 3.05) is 14.2 Å². The summed E-state index contributed by atoms with van der Waals surface area (Å²) in [5, 5.41) is 0. The number of hydrogen-bond acceptors (Lipinski definition) is 5. The second-order valence-electron chi connectivity index (χ2n) is 12.6. The highest BCUT2D eigenvalue weighted by molar-refractivity contribution is 9.11. The Morgan fingerprint density at radius 2 is 1.32 bits per heavy atom. The van der Waals surface area contributed by atoms with Gasteiger partial charge < -0.3 is 14.2 Å². The monoisotopic (exact) mass is 686 g/mol. The number of esters is 1. The summed E-state index contributed by atoms with van der Waals surface area (Å²) in [7, 11) is 2.97. The molecule has 0 saturated carbocycles. The van der Waals surface area contributed by atoms with Gasteiger partial charge in [-0.2, -0.15) is 0 Å². The van der Waals surface area contributed by atoms with E-state index in [1.807, 2.05) is 30.3 Å². The molecule has 220 valence electrons. The van der Waals surface area contributed by atoms with E-state index in [1.54, 1.807) is 13.2 Å². The number of carbonyl (C=O) groups excluding carboxylic acids is 2. The molecule has 0 heterocycles. The van der Waals surface area contributed by atoms with Crippen molar-refractivity contribution in [3.8, 4) is 17.2 Å². The Hall–Kier alpha value is -2.64. The average molecular weight is 688 g/mol. The zero-order chi connectivity index (χ0) is 30.9. The summed E-state index contributed by atoms with van der Waals surface area (Å²) in [4.78, 5) is 26.2. The van der Waals surface area contributed by atoms with Crippen molar-refractivity contribution in [3.05, 3.63) is 84.8 Å². The number of halogens is 2. The smallest absolute Gasteiger partial charge is 0.309 e. The van der Waals surface area contributed by atoms with Crippen molar-refractivity contribution in [2.24, 2.45) is 0 Å². The molecule has 0 fully saturated rings. The molecule has 3 rings (SSSR count). The third-order valence-electron chi connectivity index (χ3n) is 6.97. The zero-order valence-corrected chi connectivity index (χ0v) is 28.8. The summed E-state index contributed by atoms with van der Waals surface area (Å²) >= 11 is 7.19. The topological polar surface area (TPSA) is 61.8 Å². The second kappa shape index (κ2) is 12.7. The number of ketones is 1. The molecule has 0 aliphatic carbocycles. The first-order valence-electron chi connectivity index (χ1n) is 13.6. The van der Waals surface area contributed by atoms with Crippen LogP contribution in [-0.2, 0) is 26.8 Å². The summed E-state index contributed by atoms with van der Waals surface area (Å²) in [6.45, 7) is 17.0. The second-order valence-corrected chi connectivity index (χ2v) is 14.3. The highest BCUT2D eigenvalue weighted by atomic mass is 79.9. The minimum absolute atomic E-state index is 0.123. The van der Waals surface area contributed by atoms with E-state index in [2.05, 4.69) is 93.3 Å². The van der Waals surface area contributed by atoms with Gasteiger partial charge in [0, 0.05) is 11.1 Å². The third-order valence-corrected chi connectivity index (χ3v) is 8.15. The number of ether oxygens (including phenoxy) is 3. The minimum Gasteiger partial charge on any atom is -0.496 e. The van der Waals surface area contributed by atoms with Gasteiger partial charge >= 0.3 is 5.97 Å². The maximum absolute atomic E-state index is 14.3. The fourth-order valence-electron chi connectivity index (χ4n) is 4.41. The lowest BCUT2D eigenvalue weighted by atomic mass is 9.79. The van der Waals surface area contributed by atoms with Crippen LogP contribution in [0.15, 0.2) is 51.4 Å². The predicted molar refractivity (Wildman–Crippen MR) is 172 cm³/mol. The van der Waals surface area contributed by atoms with Crippen LogP contribution < -0.4 is 9.47 Å². The number of hydrogen-bond donors (Lipinski definition) is 0. The molecule has 0 aliphatic rings. The van der Waals surface area contributed by atoms with Gasteiger partial charge in [-0.3, -0.25) is 9.59 Å². The van der Waals surface area contributed by atoms with Crippen LogP contribution in [-0.4, -0.2) is 26.0 Å². The standard InChI is InChI=1S/C34H40Br2O5/c1-19(2)24-17-29(41-32-26(35)11-20(12-27(32)36)13-30(37)40-10)25(18-28(24)39-9)31(38)21-14-22(33(3,4)5)16-23(15-21)34(6,7)8/h11-12,14-19H,13H2,1-10H3. The van der Waals surface area contributed by atoms with E-state index in [4.69, 9.17) is 14.2 Å². The Morgan fingerprint density at radius 1 is 0.780 bits per heavy atom. The first kappa shape index (κ1) is 32.9. The lowest BCUT2D eigenvalue weighted by molar-refractivity contribution is -0.139. The van der Waals surface area contributed by atoms with Crippen LogP contribution in [0.5, 0.6) is 17.2 Å². The molecule has 41 heavy (non-hydrogen) atoms. The van der Waals surface area contributed by atoms with Gasteiger partial charge in [-0.25, -0.2) is 0 Å². The van der Waals surface area contributed by atoms with Crippen LogP contribution in [0.4, 0.5) is 0 Å². The third kappa shape index (κ3) is 7.81. The van der Waals surface area contributed by atoms with Crippen LogP contribution in [0, 0.1) is 0 Å². The first-order valence-corrected chi connectivity index (χ1v) is 15.2. The number of methoxy groups -OCH3 is 2. The van der Waals surface area contributed by atoms with Crippen molar-refractivity contribution >= 4 is 43.6 Å². The van der Waals surface area contributed by atoms with Crippen LogP contribution in [0.2, 0.25) is 0 Å². The fraction of sp³-hybridized carbons (Fsp3) is 0.412. The first-order chi connectivity index (χ1) is 19.0. The quantitative estimate of drug-likeness (QED) is 0.174. The molecule has 0 radical (unpaired) electrons. The normalized spacial score (nSPS) is 11.9. The Morgan fingerprint density at radius 3 is 1.76 bits per heavy atom. The van der Waals surface area contributed by atoms with Crippen molar-refractivity contribution in [2.45, 2.75) is 78.6 Å². The fourth-order valence-corrected chi connectivity index (χ4v) is 5.85. The number of carbonyl (C=O) groups is 2. The highest BCUT2D eigenvalue weighted by Crippen LogP contribution is 2.42. The molecule has 7 heteroatoms. The highest BCUT2D eigenvalue weighted by Gasteiger charge is 2.26. The van der Waals surface area contributed by atoms with Gasteiger partial charge in [0.15, 0.2) is 11.5 Å². The Labute approximate surface area is 261 Å². The van der Waals surface area contributed by atoms with Gasteiger partial charge in [-0.05, 0) is 102 Å². The molecule has 0 N–H and O–H groups in total. The van der Waals surface area contributed by atoms with E-state index in [-0.39, 0.29) is 34.9 Å². The predicted octanol–water partition coefficient (Wildman–Crippen LogP) is 9.68. The van der Waals surface area contributed by atoms with Crippen molar-refractivity contribution < 1.29 is 23.8 Å². The molecule has 0 aliphatic heterocycles. The van der Waals surface area contributed by atoms with Crippen LogP contribution in [0.3, 0.4) is 0 Å². The van der Waals surface area contributed by atoms with E-state index in [0.717, 1.165) is 22.3 Å². The van der Waals surface area contributed by atoms with Gasteiger partial charge in [0.25, 0.3) is 0 Å². The Balaban J connectivity index is 2.23. The lowest BCUT2D eigenvalue weighted by Crippen LogP contribution is -2.18. The molecular weight excluding hydrogens is 648 g/mol. The minimum atomic E-state index is -0.339. The summed E-state index contributed by atoms with van der Waals surface area (Å²) in [6, 6.07) is 13.5. The molecule has 3 aromatic rings. The summed E-state index contributed by atoms with van der Waals surface area (Å²) in [6.07, 6.45) is 0.123. The van der Waals surface area contributed by atoms with Crippen LogP contribution >= 0.6 is 31.9 Å². The van der Waals surface area contributed by atoms with E-state index in [9.17, 15) is 9.59 Å². The lowest BCUT2D eigenvalue weighted by Gasteiger charge is -2.26. The van der Waals surface area contributed by atoms with Gasteiger partial charge in [-0.1, -0.05) is 61.5 Å². The molecule has 0 bridgehead atoms. The Kier molecular flexibility index (Phi) is 10.2. The van der Waals surface area contributed by atoms with Gasteiger partial charge in [0.2, 0.25) is 0 Å². The van der Waals surface area contributed by atoms with Crippen LogP contribution in [0.25, 0.3) is 0 Å². The summed E-state index contributed by atoms with van der Waals surface area (Å²) < 4.78 is 18.3. The average Bonchev–Trinajstić information content (AvgIpc) is 2.88. The molecule has 0 amide bonds. The molecular formula is C34H40Br2O5. The van der Waals surface area contributed by atoms with Crippen molar-refractivity contribution in [1.29, 1.82) is 0 Å². The van der Waals surface area contributed by atoms with E-state index in [0.29, 0.717) is 37.3 Å². The summed E-state index contributed by atoms with van der Waals surface area (Å²) in [5.74, 6) is 1.17. The number of benzene rings is 3. The molecule has 0 unspecified atom stereocenters. The van der Waals surface area contributed by atoms with Crippen molar-refractivity contribution in [1.82, 2.24) is 0 Å². The van der Waals surface area contributed by atoms with E-state index in [1.165, 1.54) is 7.11 Å². The molecule has 3 aromatic carbocycles. The number of rotatable bonds is 8. The Bertz CT molecular complexity index is 1400. The van der Waals surface area contributed by atoms with Crippen molar-refractivity contribution in [3.63, 3.8) is 0 Å². The zero-order valence-electron chi connectivity index (χ0n) is 25.6. The molecule has 0 spiro atoms. The summed E-state index contributed by atoms with van der Waals surface area (Å²) in [5.41, 5.74) is 4.57. The molecule has 0 saturated heterocycles. The van der Waals surface area contributed by atoms with Crippen LogP contribution in [0.1, 0.15) is 99.5 Å². The van der Waals surface area contributed by atoms with E-state index >= 15 is 0 Å². The molecule has 0 atom stereocenters. The molecule has 0 aromatic heterocycles. The van der Waals surface area contributed by atoms with Gasteiger partial charge in [0.05, 0.1) is 35.1 Å². The largest absolute Gasteiger partial charge is 0.496 e. The molecule has 5 nitrogen and oxygen atoms in total. The van der Waals surface area contributed by atoms with E-state index < -0.39 is 0 Å². The maximum Gasteiger partial charge on any atom is 0.309 e.